The fraction of sp³-hybridized carbons (Fsp3) is 0.353. The Bertz CT molecular complexity index is 641. The molecule has 23 heavy (non-hydrogen) atoms. The van der Waals surface area contributed by atoms with E-state index in [1.807, 2.05) is 44.4 Å². The number of likely N-dealkylation sites (N-methyl/N-ethyl adjacent to an activating group) is 2. The lowest BCUT2D eigenvalue weighted by Gasteiger charge is -2.15. The zero-order chi connectivity index (χ0) is 16.1. The van der Waals surface area contributed by atoms with Gasteiger partial charge in [-0.3, -0.25) is 4.79 Å². The van der Waals surface area contributed by atoms with Gasteiger partial charge >= 0.3 is 0 Å². The van der Waals surface area contributed by atoms with Crippen molar-refractivity contribution in [2.75, 3.05) is 34.3 Å². The molecule has 1 aromatic carbocycles. The average molecular weight is 355 g/mol. The molecule has 2 rings (SSSR count). The molecule has 1 amide bonds. The number of carbonyl (C=O) groups is 1. The maximum Gasteiger partial charge on any atom is 0.263 e. The predicted molar refractivity (Wildman–Crippen MR) is 99.2 cm³/mol. The minimum absolute atomic E-state index is 0. The highest BCUT2D eigenvalue weighted by atomic mass is 35.5. The number of nitrogens with one attached hydrogen (secondary N) is 1. The van der Waals surface area contributed by atoms with E-state index < -0.39 is 0 Å². The number of carbonyl (C=O) groups excluding carboxylic acids is 1. The Hall–Kier alpha value is -1.56. The van der Waals surface area contributed by atoms with Crippen molar-refractivity contribution in [3.8, 4) is 16.9 Å². The lowest BCUT2D eigenvalue weighted by molar-refractivity contribution is 0.0801. The third-order valence-corrected chi connectivity index (χ3v) is 4.61. The fourth-order valence-corrected chi connectivity index (χ4v) is 3.25. The summed E-state index contributed by atoms with van der Waals surface area (Å²) >= 11 is 1.55. The molecule has 0 saturated heterocycles. The summed E-state index contributed by atoms with van der Waals surface area (Å²) in [6.07, 6.45) is 0. The highest BCUT2D eigenvalue weighted by Crippen LogP contribution is 2.32. The molecule has 0 fully saturated rings. The first kappa shape index (κ1) is 19.5. The number of methoxy groups -OCH3 is 1. The summed E-state index contributed by atoms with van der Waals surface area (Å²) < 4.78 is 5.18. The molecular formula is C17H23ClN2O2S. The topological polar surface area (TPSA) is 41.6 Å². The quantitative estimate of drug-likeness (QED) is 0.863. The van der Waals surface area contributed by atoms with Crippen molar-refractivity contribution in [2.24, 2.45) is 0 Å². The minimum atomic E-state index is 0. The SMILES string of the molecule is CNCCN(C)C(=O)c1cc(-c2ccc(OC)cc2)c(C)s1.Cl. The molecule has 0 unspecified atom stereocenters. The van der Waals surface area contributed by atoms with Gasteiger partial charge in [-0.1, -0.05) is 12.1 Å². The molecule has 1 N–H and O–H groups in total. The number of halogens is 1. The minimum Gasteiger partial charge on any atom is -0.497 e. The molecule has 0 spiro atoms. The van der Waals surface area contributed by atoms with Gasteiger partial charge in [0.15, 0.2) is 0 Å². The normalized spacial score (nSPS) is 10.1. The molecule has 6 heteroatoms. The van der Waals surface area contributed by atoms with Gasteiger partial charge in [0, 0.05) is 25.0 Å². The molecular weight excluding hydrogens is 332 g/mol. The number of ether oxygens (including phenoxy) is 1. The molecule has 0 bridgehead atoms. The van der Waals surface area contributed by atoms with Crippen molar-refractivity contribution < 1.29 is 9.53 Å². The molecule has 4 nitrogen and oxygen atoms in total. The predicted octanol–water partition coefficient (Wildman–Crippen LogP) is 3.45. The Labute approximate surface area is 147 Å². The molecule has 0 aliphatic heterocycles. The monoisotopic (exact) mass is 354 g/mol. The van der Waals surface area contributed by atoms with Crippen LogP contribution in [0, 0.1) is 6.92 Å². The summed E-state index contributed by atoms with van der Waals surface area (Å²) in [7, 11) is 5.37. The van der Waals surface area contributed by atoms with Gasteiger partial charge in [0.05, 0.1) is 12.0 Å². The molecule has 0 atom stereocenters. The zero-order valence-electron chi connectivity index (χ0n) is 13.9. The van der Waals surface area contributed by atoms with Crippen molar-refractivity contribution in [1.29, 1.82) is 0 Å². The van der Waals surface area contributed by atoms with Gasteiger partial charge in [-0.2, -0.15) is 0 Å². The Morgan fingerprint density at radius 1 is 1.30 bits per heavy atom. The maximum absolute atomic E-state index is 12.4. The molecule has 0 aliphatic rings. The third-order valence-electron chi connectivity index (χ3n) is 3.57. The summed E-state index contributed by atoms with van der Waals surface area (Å²) in [5.74, 6) is 0.905. The summed E-state index contributed by atoms with van der Waals surface area (Å²) in [6, 6.07) is 9.90. The zero-order valence-corrected chi connectivity index (χ0v) is 15.5. The van der Waals surface area contributed by atoms with Crippen LogP contribution in [0.3, 0.4) is 0 Å². The number of rotatable bonds is 6. The first-order valence-electron chi connectivity index (χ1n) is 7.21. The highest BCUT2D eigenvalue weighted by Gasteiger charge is 2.16. The van der Waals surface area contributed by atoms with Crippen LogP contribution in [0.25, 0.3) is 11.1 Å². The van der Waals surface area contributed by atoms with Crippen molar-refractivity contribution in [3.05, 3.63) is 40.1 Å². The summed E-state index contributed by atoms with van der Waals surface area (Å²) in [4.78, 5) is 16.1. The van der Waals surface area contributed by atoms with Crippen LogP contribution in [0.15, 0.2) is 30.3 Å². The number of benzene rings is 1. The second-order valence-corrected chi connectivity index (χ2v) is 6.40. The van der Waals surface area contributed by atoms with E-state index in [2.05, 4.69) is 12.2 Å². The van der Waals surface area contributed by atoms with Crippen molar-refractivity contribution >= 4 is 29.7 Å². The van der Waals surface area contributed by atoms with Gasteiger partial charge in [-0.15, -0.1) is 23.7 Å². The van der Waals surface area contributed by atoms with Gasteiger partial charge in [-0.25, -0.2) is 0 Å². The second kappa shape index (κ2) is 8.91. The maximum atomic E-state index is 12.4. The van der Waals surface area contributed by atoms with E-state index in [0.29, 0.717) is 6.54 Å². The van der Waals surface area contributed by atoms with Crippen LogP contribution in [-0.2, 0) is 0 Å². The number of hydrogen-bond donors (Lipinski definition) is 1. The van der Waals surface area contributed by atoms with Gasteiger partial charge in [0.25, 0.3) is 5.91 Å². The summed E-state index contributed by atoms with van der Waals surface area (Å²) in [6.45, 7) is 3.54. The van der Waals surface area contributed by atoms with Crippen LogP contribution < -0.4 is 10.1 Å². The summed E-state index contributed by atoms with van der Waals surface area (Å²) in [5, 5.41) is 3.06. The van der Waals surface area contributed by atoms with Gasteiger partial charge in [0.1, 0.15) is 5.75 Å². The highest BCUT2D eigenvalue weighted by molar-refractivity contribution is 7.14. The first-order chi connectivity index (χ1) is 10.6. The first-order valence-corrected chi connectivity index (χ1v) is 8.03. The van der Waals surface area contributed by atoms with E-state index in [1.54, 1.807) is 23.3 Å². The van der Waals surface area contributed by atoms with E-state index in [9.17, 15) is 4.79 Å². The fourth-order valence-electron chi connectivity index (χ4n) is 2.21. The summed E-state index contributed by atoms with van der Waals surface area (Å²) in [5.41, 5.74) is 2.21. The Balaban J connectivity index is 0.00000264. The van der Waals surface area contributed by atoms with Crippen LogP contribution in [0.1, 0.15) is 14.5 Å². The van der Waals surface area contributed by atoms with Crippen molar-refractivity contribution in [3.63, 3.8) is 0 Å². The Morgan fingerprint density at radius 2 is 1.96 bits per heavy atom. The van der Waals surface area contributed by atoms with E-state index >= 15 is 0 Å². The number of thiophene rings is 1. The van der Waals surface area contributed by atoms with Crippen molar-refractivity contribution in [2.45, 2.75) is 6.92 Å². The van der Waals surface area contributed by atoms with E-state index in [4.69, 9.17) is 4.74 Å². The Morgan fingerprint density at radius 3 is 2.52 bits per heavy atom. The number of aryl methyl sites for hydroxylation is 1. The number of nitrogens with zero attached hydrogens (tertiary/aromatic N) is 1. The molecule has 1 heterocycles. The molecule has 126 valence electrons. The molecule has 1 aromatic heterocycles. The Kier molecular flexibility index (Phi) is 7.55. The molecule has 2 aromatic rings. The van der Waals surface area contributed by atoms with Crippen LogP contribution in [0.2, 0.25) is 0 Å². The number of hydrogen-bond acceptors (Lipinski definition) is 4. The van der Waals surface area contributed by atoms with Crippen LogP contribution in [0.4, 0.5) is 0 Å². The van der Waals surface area contributed by atoms with E-state index in [0.717, 1.165) is 33.2 Å². The molecule has 0 aliphatic carbocycles. The lowest BCUT2D eigenvalue weighted by atomic mass is 10.1. The van der Waals surface area contributed by atoms with Gasteiger partial charge in [-0.05, 0) is 43.3 Å². The standard InChI is InChI=1S/C17H22N2O2S.ClH/c1-12-15(13-5-7-14(21-4)8-6-13)11-16(22-12)17(20)19(3)10-9-18-2;/h5-8,11,18H,9-10H2,1-4H3;1H. The second-order valence-electron chi connectivity index (χ2n) is 5.14. The van der Waals surface area contributed by atoms with Gasteiger partial charge in [0.2, 0.25) is 0 Å². The van der Waals surface area contributed by atoms with Crippen LogP contribution >= 0.6 is 23.7 Å². The molecule has 0 radical (unpaired) electrons. The third kappa shape index (κ3) is 4.70. The lowest BCUT2D eigenvalue weighted by Crippen LogP contribution is -2.32. The van der Waals surface area contributed by atoms with Crippen LogP contribution in [-0.4, -0.2) is 45.1 Å². The number of amides is 1. The van der Waals surface area contributed by atoms with Crippen molar-refractivity contribution in [1.82, 2.24) is 10.2 Å². The molecule has 0 saturated carbocycles. The van der Waals surface area contributed by atoms with Gasteiger partial charge < -0.3 is 15.0 Å². The average Bonchev–Trinajstić information content (AvgIpc) is 2.93. The van der Waals surface area contributed by atoms with Crippen LogP contribution in [0.5, 0.6) is 5.75 Å². The largest absolute Gasteiger partial charge is 0.497 e. The smallest absolute Gasteiger partial charge is 0.263 e. The van der Waals surface area contributed by atoms with E-state index in [1.165, 1.54) is 0 Å². The van der Waals surface area contributed by atoms with E-state index in [-0.39, 0.29) is 18.3 Å².